The molecular weight excluding hydrogens is 105 g/mol. The first-order valence-electron chi connectivity index (χ1n) is 2.18. The molecule has 0 aliphatic carbocycles. The molecule has 0 aliphatic rings. The third kappa shape index (κ3) is 1.60. The summed E-state index contributed by atoms with van der Waals surface area (Å²) in [5.74, 6) is 1.74. The molecule has 0 aliphatic heterocycles. The quantitative estimate of drug-likeness (QED) is 0.461. The van der Waals surface area contributed by atoms with Crippen molar-refractivity contribution in [2.75, 3.05) is 0 Å². The van der Waals surface area contributed by atoms with Gasteiger partial charge >= 0.3 is 45.7 Å². The van der Waals surface area contributed by atoms with Crippen molar-refractivity contribution in [3.63, 3.8) is 0 Å². The van der Waals surface area contributed by atoms with E-state index in [2.05, 4.69) is 14.3 Å². The third-order valence-electron chi connectivity index (χ3n) is 0.589. The monoisotopic (exact) mass is 109 g/mol. The first-order valence-corrected chi connectivity index (χ1v) is 2.18. The molecule has 0 spiro atoms. The van der Waals surface area contributed by atoms with Gasteiger partial charge in [0, 0.05) is 0 Å². The van der Waals surface area contributed by atoms with E-state index < -0.39 is 0 Å². The van der Waals surface area contributed by atoms with Gasteiger partial charge in [0.05, 0.1) is 0 Å². The molecule has 0 bridgehead atoms. The summed E-state index contributed by atoms with van der Waals surface area (Å²) in [6.07, 6.45) is 1.40. The van der Waals surface area contributed by atoms with Gasteiger partial charge in [-0.05, 0) is 0 Å². The minimum atomic E-state index is 1.40. The van der Waals surface area contributed by atoms with E-state index in [1.165, 1.54) is 13.3 Å². The van der Waals surface area contributed by atoms with Crippen molar-refractivity contribution in [1.82, 2.24) is 5.06 Å². The summed E-state index contributed by atoms with van der Waals surface area (Å²) in [5.41, 5.74) is 0. The van der Waals surface area contributed by atoms with Crippen molar-refractivity contribution in [1.29, 1.82) is 0 Å². The van der Waals surface area contributed by atoms with Crippen molar-refractivity contribution < 1.29 is 9.26 Å². The Kier molecular flexibility index (Phi) is 1.92. The van der Waals surface area contributed by atoms with E-state index in [0.29, 0.717) is 0 Å². The topological polar surface area (TPSA) is 39.2 Å². The number of rotatable bonds is 0. The second-order valence-corrected chi connectivity index (χ2v) is 1.14. The summed E-state index contributed by atoms with van der Waals surface area (Å²) < 4.78 is 8.55. The van der Waals surface area contributed by atoms with Crippen LogP contribution in [0.25, 0.3) is 0 Å². The summed E-state index contributed by atoms with van der Waals surface area (Å²) in [6.45, 7) is 0. The molecule has 0 unspecified atom stereocenters. The molecule has 40 valence electrons. The van der Waals surface area contributed by atoms with Crippen molar-refractivity contribution in [2.45, 2.75) is 0 Å². The van der Waals surface area contributed by atoms with Crippen LogP contribution in [0.1, 0.15) is 0 Å². The van der Waals surface area contributed by atoms with Gasteiger partial charge in [-0.2, -0.15) is 0 Å². The fourth-order valence-electron chi connectivity index (χ4n) is 0.301. The summed E-state index contributed by atoms with van der Waals surface area (Å²) in [5, 5.41) is 3.35. The molecule has 0 aromatic carbocycles. The standard InChI is InChI=1S/C4H4BNO2/c1-2-4-7-8-6-5-3-1/h1-4H. The zero-order valence-corrected chi connectivity index (χ0v) is 4.15. The molecule has 8 heavy (non-hydrogen) atoms. The Morgan fingerprint density at radius 3 is 3.38 bits per heavy atom. The second-order valence-electron chi connectivity index (χ2n) is 1.14. The van der Waals surface area contributed by atoms with E-state index in [-0.39, 0.29) is 0 Å². The first kappa shape index (κ1) is 5.09. The predicted molar refractivity (Wildman–Crippen MR) is 27.7 cm³/mol. The molecule has 3 nitrogen and oxygen atoms in total. The molecule has 1 aromatic rings. The number of nitrogens with zero attached hydrogens (tertiary/aromatic N) is 1. The van der Waals surface area contributed by atoms with Crippen LogP contribution in [0.3, 0.4) is 0 Å². The molecule has 0 fully saturated rings. The zero-order valence-electron chi connectivity index (χ0n) is 4.15. The minimum absolute atomic E-state index is 1.40. The molecule has 4 heteroatoms. The van der Waals surface area contributed by atoms with Crippen molar-refractivity contribution in [2.24, 2.45) is 0 Å². The number of hydrogen-bond donors (Lipinski definition) is 0. The van der Waals surface area contributed by atoms with Gasteiger partial charge in [-0.25, -0.2) is 0 Å². The summed E-state index contributed by atoms with van der Waals surface area (Å²) in [7, 11) is 1.49. The van der Waals surface area contributed by atoms with Crippen LogP contribution in [-0.2, 0) is 0 Å². The van der Waals surface area contributed by atoms with Crippen molar-refractivity contribution >= 4 is 7.05 Å². The van der Waals surface area contributed by atoms with Crippen molar-refractivity contribution in [3.05, 3.63) is 24.4 Å². The van der Waals surface area contributed by atoms with Crippen LogP contribution in [0.5, 0.6) is 0 Å². The fourth-order valence-corrected chi connectivity index (χ4v) is 0.301. The van der Waals surface area contributed by atoms with E-state index >= 15 is 0 Å². The molecule has 0 saturated heterocycles. The maximum absolute atomic E-state index is 4.34. The Labute approximate surface area is 46.8 Å². The molecule has 1 heterocycles. The molecule has 1 rings (SSSR count). The van der Waals surface area contributed by atoms with Crippen LogP contribution in [0.2, 0.25) is 0 Å². The van der Waals surface area contributed by atoms with Crippen LogP contribution >= 0.6 is 0 Å². The van der Waals surface area contributed by atoms with Crippen LogP contribution in [-0.4, -0.2) is 12.1 Å². The van der Waals surface area contributed by atoms with Crippen LogP contribution in [0, 0.1) is 0 Å². The van der Waals surface area contributed by atoms with E-state index in [1.54, 1.807) is 18.1 Å². The fraction of sp³-hybridized carbons (Fsp3) is 0. The van der Waals surface area contributed by atoms with Gasteiger partial charge in [-0.1, -0.05) is 0 Å². The SMILES string of the molecule is b1ccccoon1. The molecule has 0 atom stereocenters. The van der Waals surface area contributed by atoms with Gasteiger partial charge in [-0.3, -0.25) is 0 Å². The van der Waals surface area contributed by atoms with Crippen LogP contribution in [0.15, 0.2) is 33.6 Å². The zero-order chi connectivity index (χ0) is 5.66. The Morgan fingerprint density at radius 2 is 2.38 bits per heavy atom. The van der Waals surface area contributed by atoms with E-state index in [4.69, 9.17) is 0 Å². The molecule has 1 aromatic heterocycles. The first-order chi connectivity index (χ1) is 4.00. The van der Waals surface area contributed by atoms with E-state index in [1.807, 2.05) is 0 Å². The third-order valence-corrected chi connectivity index (χ3v) is 0.589. The van der Waals surface area contributed by atoms with E-state index in [9.17, 15) is 0 Å². The normalized spacial score (nSPS) is 7.50. The summed E-state index contributed by atoms with van der Waals surface area (Å²) in [6, 6.07) is 3.48. The van der Waals surface area contributed by atoms with Gasteiger partial charge < -0.3 is 0 Å². The van der Waals surface area contributed by atoms with Crippen LogP contribution < -0.4 is 0 Å². The summed E-state index contributed by atoms with van der Waals surface area (Å²) >= 11 is 0. The average molecular weight is 109 g/mol. The van der Waals surface area contributed by atoms with E-state index in [0.717, 1.165) is 0 Å². The van der Waals surface area contributed by atoms with Gasteiger partial charge in [-0.15, -0.1) is 0 Å². The molecule has 0 N–H and O–H groups in total. The Bertz CT molecular complexity index is 119. The Balaban J connectivity index is 3.00. The second kappa shape index (κ2) is 3.01. The predicted octanol–water partition coefficient (Wildman–Crippen LogP) is 0.730. The summed E-state index contributed by atoms with van der Waals surface area (Å²) in [4.78, 5) is 0. The number of aromatic nitrogens is 1. The Hall–Kier alpha value is -1.06. The number of hydrogen-bond acceptors (Lipinski definition) is 3. The average Bonchev–Trinajstić information content (AvgIpc) is 1.62. The maximum atomic E-state index is 4.34. The van der Waals surface area contributed by atoms with Gasteiger partial charge in [0.1, 0.15) is 0 Å². The Morgan fingerprint density at radius 1 is 1.38 bits per heavy atom. The van der Waals surface area contributed by atoms with Crippen molar-refractivity contribution in [3.8, 4) is 0 Å². The van der Waals surface area contributed by atoms with Crippen LogP contribution in [0.4, 0.5) is 0 Å². The molecule has 0 radical (unpaired) electrons. The van der Waals surface area contributed by atoms with Gasteiger partial charge in [0.25, 0.3) is 0 Å². The van der Waals surface area contributed by atoms with Gasteiger partial charge in [0.15, 0.2) is 0 Å². The molecule has 0 amide bonds. The van der Waals surface area contributed by atoms with Gasteiger partial charge in [0.2, 0.25) is 0 Å². The molecule has 0 saturated carbocycles. The molecular formula is C4H4BNO2.